The molecule has 0 aliphatic heterocycles. The summed E-state index contributed by atoms with van der Waals surface area (Å²) in [4.78, 5) is 0. The molecule has 0 atom stereocenters. The first-order valence-electron chi connectivity index (χ1n) is 6.14. The summed E-state index contributed by atoms with van der Waals surface area (Å²) in [7, 11) is 0. The third-order valence-electron chi connectivity index (χ3n) is 3.11. The molecule has 3 rings (SSSR count). The Morgan fingerprint density at radius 3 is 2.11 bits per heavy atom. The zero-order chi connectivity index (χ0) is 13.2. The molecule has 0 aliphatic rings. The largest absolute Gasteiger partial charge is 0.464 e. The second kappa shape index (κ2) is 4.94. The smallest absolute Gasteiger partial charge is 0.134 e. The molecule has 0 spiro atoms. The molecule has 1 aromatic heterocycles. The van der Waals surface area contributed by atoms with Gasteiger partial charge in [0.05, 0.1) is 6.26 Å². The van der Waals surface area contributed by atoms with Crippen LogP contribution in [-0.2, 0) is 0 Å². The highest BCUT2D eigenvalue weighted by Crippen LogP contribution is 2.29. The van der Waals surface area contributed by atoms with Crippen LogP contribution in [0.25, 0.3) is 22.5 Å². The highest BCUT2D eigenvalue weighted by atomic mass is 35.5. The van der Waals surface area contributed by atoms with E-state index in [4.69, 9.17) is 16.0 Å². The van der Waals surface area contributed by atoms with Gasteiger partial charge in [0.2, 0.25) is 0 Å². The number of furan rings is 1. The van der Waals surface area contributed by atoms with Crippen molar-refractivity contribution < 1.29 is 4.42 Å². The molecule has 0 fully saturated rings. The van der Waals surface area contributed by atoms with Gasteiger partial charge >= 0.3 is 0 Å². The highest BCUT2D eigenvalue weighted by Gasteiger charge is 2.06. The van der Waals surface area contributed by atoms with Crippen molar-refractivity contribution in [3.8, 4) is 22.5 Å². The maximum Gasteiger partial charge on any atom is 0.134 e. The first-order chi connectivity index (χ1) is 9.22. The van der Waals surface area contributed by atoms with Gasteiger partial charge in [-0.2, -0.15) is 0 Å². The van der Waals surface area contributed by atoms with E-state index in [0.717, 1.165) is 27.5 Å². The summed E-state index contributed by atoms with van der Waals surface area (Å²) in [6.45, 7) is 2.08. The molecule has 0 bridgehead atoms. The maximum absolute atomic E-state index is 5.88. The lowest BCUT2D eigenvalue weighted by Crippen LogP contribution is -1.75. The van der Waals surface area contributed by atoms with Crippen LogP contribution >= 0.6 is 11.6 Å². The Kier molecular flexibility index (Phi) is 3.14. The summed E-state index contributed by atoms with van der Waals surface area (Å²) in [5.41, 5.74) is 4.53. The monoisotopic (exact) mass is 268 g/mol. The zero-order valence-corrected chi connectivity index (χ0v) is 11.3. The Balaban J connectivity index is 1.95. The summed E-state index contributed by atoms with van der Waals surface area (Å²) in [5.74, 6) is 0.854. The minimum Gasteiger partial charge on any atom is -0.464 e. The van der Waals surface area contributed by atoms with Crippen LogP contribution in [0.1, 0.15) is 5.56 Å². The van der Waals surface area contributed by atoms with Gasteiger partial charge in [-0.3, -0.25) is 0 Å². The molecular weight excluding hydrogens is 256 g/mol. The Morgan fingerprint density at radius 2 is 1.42 bits per heavy atom. The second-order valence-electron chi connectivity index (χ2n) is 4.57. The molecule has 19 heavy (non-hydrogen) atoms. The number of rotatable bonds is 2. The molecule has 0 amide bonds. The summed E-state index contributed by atoms with van der Waals surface area (Å²) in [6.07, 6.45) is 1.79. The standard InChI is InChI=1S/C17H13ClO/c1-12-2-4-13(5-3-12)15-10-17(19-11-15)14-6-8-16(18)9-7-14/h2-11H,1H3. The summed E-state index contributed by atoms with van der Waals surface area (Å²) in [6, 6.07) is 18.1. The highest BCUT2D eigenvalue weighted by molar-refractivity contribution is 6.30. The number of halogens is 1. The van der Waals surface area contributed by atoms with Gasteiger partial charge in [0.15, 0.2) is 0 Å². The van der Waals surface area contributed by atoms with E-state index in [1.54, 1.807) is 6.26 Å². The van der Waals surface area contributed by atoms with Crippen molar-refractivity contribution in [2.24, 2.45) is 0 Å². The average molecular weight is 269 g/mol. The van der Waals surface area contributed by atoms with Gasteiger partial charge in [-0.25, -0.2) is 0 Å². The molecule has 0 aliphatic carbocycles. The van der Waals surface area contributed by atoms with Gasteiger partial charge in [-0.1, -0.05) is 41.4 Å². The predicted molar refractivity (Wildman–Crippen MR) is 79.3 cm³/mol. The molecule has 0 saturated carbocycles. The molecule has 3 aromatic rings. The van der Waals surface area contributed by atoms with Gasteiger partial charge < -0.3 is 4.42 Å². The Hall–Kier alpha value is -1.99. The van der Waals surface area contributed by atoms with Crippen molar-refractivity contribution in [3.63, 3.8) is 0 Å². The number of benzene rings is 2. The van der Waals surface area contributed by atoms with Crippen LogP contribution in [0, 0.1) is 6.92 Å². The van der Waals surface area contributed by atoms with Crippen LogP contribution in [-0.4, -0.2) is 0 Å². The molecule has 1 nitrogen and oxygen atoms in total. The van der Waals surface area contributed by atoms with Crippen molar-refractivity contribution in [2.45, 2.75) is 6.92 Å². The fraction of sp³-hybridized carbons (Fsp3) is 0.0588. The van der Waals surface area contributed by atoms with E-state index in [2.05, 4.69) is 31.2 Å². The number of hydrogen-bond acceptors (Lipinski definition) is 1. The molecule has 0 saturated heterocycles. The Bertz CT molecular complexity index is 618. The molecular formula is C17H13ClO. The molecule has 0 N–H and O–H groups in total. The predicted octanol–water partition coefficient (Wildman–Crippen LogP) is 5.58. The first kappa shape index (κ1) is 12.1. The van der Waals surface area contributed by atoms with Crippen LogP contribution in [0.3, 0.4) is 0 Å². The van der Waals surface area contributed by atoms with Crippen molar-refractivity contribution >= 4 is 11.6 Å². The molecule has 0 unspecified atom stereocenters. The topological polar surface area (TPSA) is 13.1 Å². The Morgan fingerprint density at radius 1 is 0.789 bits per heavy atom. The van der Waals surface area contributed by atoms with Crippen molar-refractivity contribution in [1.82, 2.24) is 0 Å². The van der Waals surface area contributed by atoms with E-state index in [-0.39, 0.29) is 0 Å². The van der Waals surface area contributed by atoms with E-state index in [1.807, 2.05) is 30.3 Å². The van der Waals surface area contributed by atoms with Crippen LogP contribution < -0.4 is 0 Å². The third kappa shape index (κ3) is 2.56. The van der Waals surface area contributed by atoms with E-state index in [0.29, 0.717) is 0 Å². The first-order valence-corrected chi connectivity index (χ1v) is 6.52. The normalized spacial score (nSPS) is 10.6. The minimum absolute atomic E-state index is 0.731. The van der Waals surface area contributed by atoms with E-state index >= 15 is 0 Å². The summed E-state index contributed by atoms with van der Waals surface area (Å²) in [5, 5.41) is 0.731. The quantitative estimate of drug-likeness (QED) is 0.592. The van der Waals surface area contributed by atoms with Crippen LogP contribution in [0.15, 0.2) is 65.3 Å². The van der Waals surface area contributed by atoms with E-state index in [1.165, 1.54) is 5.56 Å². The van der Waals surface area contributed by atoms with Gasteiger partial charge in [0.25, 0.3) is 0 Å². The van der Waals surface area contributed by atoms with Gasteiger partial charge in [0.1, 0.15) is 5.76 Å². The van der Waals surface area contributed by atoms with Crippen LogP contribution in [0.2, 0.25) is 5.02 Å². The fourth-order valence-electron chi connectivity index (χ4n) is 2.00. The lowest BCUT2D eigenvalue weighted by Gasteiger charge is -1.97. The van der Waals surface area contributed by atoms with Crippen molar-refractivity contribution in [3.05, 3.63) is 71.4 Å². The van der Waals surface area contributed by atoms with Gasteiger partial charge in [0, 0.05) is 16.1 Å². The zero-order valence-electron chi connectivity index (χ0n) is 10.6. The number of aryl methyl sites for hydroxylation is 1. The van der Waals surface area contributed by atoms with Gasteiger partial charge in [-0.05, 0) is 42.8 Å². The molecule has 0 radical (unpaired) electrons. The van der Waals surface area contributed by atoms with E-state index in [9.17, 15) is 0 Å². The lowest BCUT2D eigenvalue weighted by atomic mass is 10.1. The van der Waals surface area contributed by atoms with Crippen molar-refractivity contribution in [2.75, 3.05) is 0 Å². The molecule has 2 heteroatoms. The summed E-state index contributed by atoms with van der Waals surface area (Å²) >= 11 is 5.88. The molecule has 1 heterocycles. The SMILES string of the molecule is Cc1ccc(-c2coc(-c3ccc(Cl)cc3)c2)cc1. The second-order valence-corrected chi connectivity index (χ2v) is 5.01. The lowest BCUT2D eigenvalue weighted by molar-refractivity contribution is 0.583. The molecule has 94 valence electrons. The third-order valence-corrected chi connectivity index (χ3v) is 3.37. The van der Waals surface area contributed by atoms with Crippen molar-refractivity contribution in [1.29, 1.82) is 0 Å². The van der Waals surface area contributed by atoms with Gasteiger partial charge in [-0.15, -0.1) is 0 Å². The van der Waals surface area contributed by atoms with Crippen LogP contribution in [0.5, 0.6) is 0 Å². The van der Waals surface area contributed by atoms with Crippen LogP contribution in [0.4, 0.5) is 0 Å². The minimum atomic E-state index is 0.731. The number of hydrogen-bond donors (Lipinski definition) is 0. The average Bonchev–Trinajstić information content (AvgIpc) is 2.90. The Labute approximate surface area is 117 Å². The molecule has 2 aromatic carbocycles. The van der Waals surface area contributed by atoms with E-state index < -0.39 is 0 Å². The maximum atomic E-state index is 5.88. The summed E-state index contributed by atoms with van der Waals surface area (Å²) < 4.78 is 5.63. The fourth-order valence-corrected chi connectivity index (χ4v) is 2.13.